The predicted molar refractivity (Wildman–Crippen MR) is 39.6 cm³/mol. The van der Waals surface area contributed by atoms with E-state index >= 15 is 0 Å². The van der Waals surface area contributed by atoms with E-state index in [1.165, 1.54) is 0 Å². The molecule has 1 aliphatic heterocycles. The van der Waals surface area contributed by atoms with Gasteiger partial charge in [0.05, 0.1) is 5.88 Å². The van der Waals surface area contributed by atoms with Crippen LogP contribution >= 0.6 is 11.6 Å². The van der Waals surface area contributed by atoms with Gasteiger partial charge in [-0.1, -0.05) is 0 Å². The van der Waals surface area contributed by atoms with E-state index < -0.39 is 30.7 Å². The van der Waals surface area contributed by atoms with Crippen molar-refractivity contribution in [3.63, 3.8) is 0 Å². The van der Waals surface area contributed by atoms with Gasteiger partial charge in [0, 0.05) is 0 Å². The molecule has 0 amide bonds. The molecule has 0 aromatic heterocycles. The van der Waals surface area contributed by atoms with E-state index in [1.807, 2.05) is 0 Å². The van der Waals surface area contributed by atoms with Gasteiger partial charge in [-0.05, 0) is 0 Å². The molecule has 0 unspecified atom stereocenters. The smallest absolute Gasteiger partial charge is 0.184 e. The Morgan fingerprint density at radius 2 is 1.58 bits per heavy atom. The molecule has 5 atom stereocenters. The van der Waals surface area contributed by atoms with Crippen LogP contribution in [-0.2, 0) is 4.74 Å². The van der Waals surface area contributed by atoms with Gasteiger partial charge in [-0.15, -0.1) is 11.6 Å². The van der Waals surface area contributed by atoms with E-state index in [0.29, 0.717) is 0 Å². The second-order valence-corrected chi connectivity index (χ2v) is 3.00. The van der Waals surface area contributed by atoms with Gasteiger partial charge in [0.15, 0.2) is 6.29 Å². The number of aliphatic hydroxyl groups excluding tert-OH is 4. The summed E-state index contributed by atoms with van der Waals surface area (Å²) < 4.78 is 4.69. The van der Waals surface area contributed by atoms with Crippen LogP contribution in [0.1, 0.15) is 0 Å². The first-order valence-electron chi connectivity index (χ1n) is 3.51. The van der Waals surface area contributed by atoms with Crippen LogP contribution in [0.2, 0.25) is 0 Å². The fourth-order valence-corrected chi connectivity index (χ4v) is 1.31. The molecule has 1 heterocycles. The van der Waals surface area contributed by atoms with Crippen LogP contribution in [0.3, 0.4) is 0 Å². The van der Waals surface area contributed by atoms with E-state index in [0.717, 1.165) is 0 Å². The van der Waals surface area contributed by atoms with Crippen molar-refractivity contribution in [2.45, 2.75) is 30.7 Å². The van der Waals surface area contributed by atoms with Crippen molar-refractivity contribution in [3.05, 3.63) is 0 Å². The summed E-state index contributed by atoms with van der Waals surface area (Å²) >= 11 is 5.36. The molecule has 0 aromatic carbocycles. The summed E-state index contributed by atoms with van der Waals surface area (Å²) in [6, 6.07) is 0. The van der Waals surface area contributed by atoms with Crippen molar-refractivity contribution >= 4 is 11.6 Å². The number of hydrogen-bond acceptors (Lipinski definition) is 5. The topological polar surface area (TPSA) is 90.2 Å². The normalized spacial score (nSPS) is 49.2. The highest BCUT2D eigenvalue weighted by atomic mass is 35.5. The third kappa shape index (κ3) is 1.71. The molecule has 0 spiro atoms. The Morgan fingerprint density at radius 3 is 2.08 bits per heavy atom. The maximum Gasteiger partial charge on any atom is 0.184 e. The highest BCUT2D eigenvalue weighted by molar-refractivity contribution is 6.18. The quantitative estimate of drug-likeness (QED) is 0.367. The SMILES string of the molecule is O[C@H]1[C@@H](O)[C@@H](O)O[C@@H](CCl)[C@H]1O. The molecule has 12 heavy (non-hydrogen) atoms. The molecule has 1 saturated heterocycles. The first-order valence-corrected chi connectivity index (χ1v) is 4.05. The highest BCUT2D eigenvalue weighted by Gasteiger charge is 2.42. The van der Waals surface area contributed by atoms with E-state index in [1.54, 1.807) is 0 Å². The number of halogens is 1. The molecule has 1 aliphatic rings. The summed E-state index contributed by atoms with van der Waals surface area (Å²) in [4.78, 5) is 0. The van der Waals surface area contributed by atoms with Crippen molar-refractivity contribution < 1.29 is 25.2 Å². The van der Waals surface area contributed by atoms with Crippen LogP contribution in [0.15, 0.2) is 0 Å². The lowest BCUT2D eigenvalue weighted by atomic mass is 10.0. The van der Waals surface area contributed by atoms with Crippen molar-refractivity contribution in [2.24, 2.45) is 0 Å². The van der Waals surface area contributed by atoms with Crippen LogP contribution in [0.25, 0.3) is 0 Å². The van der Waals surface area contributed by atoms with E-state index in [2.05, 4.69) is 0 Å². The highest BCUT2D eigenvalue weighted by Crippen LogP contribution is 2.20. The van der Waals surface area contributed by atoms with Crippen LogP contribution in [0, 0.1) is 0 Å². The van der Waals surface area contributed by atoms with Gasteiger partial charge in [-0.25, -0.2) is 0 Å². The van der Waals surface area contributed by atoms with Gasteiger partial charge in [-0.2, -0.15) is 0 Å². The summed E-state index contributed by atoms with van der Waals surface area (Å²) in [5, 5.41) is 36.3. The fourth-order valence-electron chi connectivity index (χ4n) is 1.06. The Bertz CT molecular complexity index is 150. The Labute approximate surface area is 74.2 Å². The third-order valence-electron chi connectivity index (χ3n) is 1.84. The zero-order valence-corrected chi connectivity index (χ0v) is 6.92. The van der Waals surface area contributed by atoms with Crippen molar-refractivity contribution in [1.82, 2.24) is 0 Å². The number of ether oxygens (including phenoxy) is 1. The second kappa shape index (κ2) is 3.87. The lowest BCUT2D eigenvalue weighted by Gasteiger charge is -2.37. The molecule has 4 N–H and O–H groups in total. The Hall–Kier alpha value is 0.0900. The number of rotatable bonds is 1. The molecule has 72 valence electrons. The predicted octanol–water partition coefficient (Wildman–Crippen LogP) is -1.97. The first-order chi connectivity index (χ1) is 5.57. The van der Waals surface area contributed by atoms with Gasteiger partial charge in [0.25, 0.3) is 0 Å². The number of aliphatic hydroxyl groups is 4. The monoisotopic (exact) mass is 198 g/mol. The van der Waals surface area contributed by atoms with Gasteiger partial charge in [0.1, 0.15) is 24.4 Å². The van der Waals surface area contributed by atoms with E-state index in [4.69, 9.17) is 31.7 Å². The molecular formula is C6H11ClO5. The Morgan fingerprint density at radius 1 is 1.00 bits per heavy atom. The van der Waals surface area contributed by atoms with Gasteiger partial charge < -0.3 is 25.2 Å². The van der Waals surface area contributed by atoms with Gasteiger partial charge >= 0.3 is 0 Å². The Kier molecular flexibility index (Phi) is 3.28. The number of alkyl halides is 1. The molecule has 0 bridgehead atoms. The van der Waals surface area contributed by atoms with Crippen LogP contribution < -0.4 is 0 Å². The zero-order chi connectivity index (χ0) is 9.30. The molecule has 1 rings (SSSR count). The zero-order valence-electron chi connectivity index (χ0n) is 6.17. The maximum absolute atomic E-state index is 9.20. The minimum Gasteiger partial charge on any atom is -0.388 e. The first kappa shape index (κ1) is 10.2. The molecular weight excluding hydrogens is 188 g/mol. The lowest BCUT2D eigenvalue weighted by Crippen LogP contribution is -2.57. The summed E-state index contributed by atoms with van der Waals surface area (Å²) in [6.07, 6.45) is -6.51. The van der Waals surface area contributed by atoms with Crippen molar-refractivity contribution in [1.29, 1.82) is 0 Å². The lowest BCUT2D eigenvalue weighted by molar-refractivity contribution is -0.276. The molecule has 0 radical (unpaired) electrons. The summed E-state index contributed by atoms with van der Waals surface area (Å²) in [7, 11) is 0. The summed E-state index contributed by atoms with van der Waals surface area (Å²) in [5.41, 5.74) is 0. The Balaban J connectivity index is 2.63. The van der Waals surface area contributed by atoms with Crippen LogP contribution in [-0.4, -0.2) is 57.0 Å². The third-order valence-corrected chi connectivity index (χ3v) is 2.14. The van der Waals surface area contributed by atoms with Crippen LogP contribution in [0.5, 0.6) is 0 Å². The minimum absolute atomic E-state index is 0.0536. The van der Waals surface area contributed by atoms with Gasteiger partial charge in [0.2, 0.25) is 0 Å². The molecule has 5 nitrogen and oxygen atoms in total. The maximum atomic E-state index is 9.20. The fraction of sp³-hybridized carbons (Fsp3) is 1.00. The minimum atomic E-state index is -1.49. The number of hydrogen-bond donors (Lipinski definition) is 4. The molecule has 0 saturated carbocycles. The van der Waals surface area contributed by atoms with Crippen molar-refractivity contribution in [2.75, 3.05) is 5.88 Å². The van der Waals surface area contributed by atoms with E-state index in [9.17, 15) is 5.11 Å². The van der Waals surface area contributed by atoms with Crippen LogP contribution in [0.4, 0.5) is 0 Å². The second-order valence-electron chi connectivity index (χ2n) is 2.69. The average Bonchev–Trinajstić information content (AvgIpc) is 2.08. The molecule has 1 fully saturated rings. The molecule has 0 aromatic rings. The average molecular weight is 199 g/mol. The molecule has 0 aliphatic carbocycles. The summed E-state index contributed by atoms with van der Waals surface area (Å²) in [6.45, 7) is 0. The summed E-state index contributed by atoms with van der Waals surface area (Å²) in [5.74, 6) is -0.0536. The van der Waals surface area contributed by atoms with E-state index in [-0.39, 0.29) is 5.88 Å². The molecule has 6 heteroatoms. The standard InChI is InChI=1S/C6H11ClO5/c7-1-2-3(8)4(9)5(10)6(11)12-2/h2-6,8-11H,1H2/t2-,3+,4+,5+,6-/m0/s1. The van der Waals surface area contributed by atoms with Crippen molar-refractivity contribution in [3.8, 4) is 0 Å². The largest absolute Gasteiger partial charge is 0.388 e. The van der Waals surface area contributed by atoms with Gasteiger partial charge in [-0.3, -0.25) is 0 Å².